The van der Waals surface area contributed by atoms with E-state index in [9.17, 15) is 5.11 Å². The summed E-state index contributed by atoms with van der Waals surface area (Å²) >= 11 is 0. The number of methoxy groups -OCH3 is 1. The summed E-state index contributed by atoms with van der Waals surface area (Å²) in [7, 11) is 1.66. The second-order valence-electron chi connectivity index (χ2n) is 9.49. The zero-order valence-corrected chi connectivity index (χ0v) is 21.5. The van der Waals surface area contributed by atoms with E-state index in [2.05, 4.69) is 48.5 Å². The highest BCUT2D eigenvalue weighted by Gasteiger charge is 2.46. The number of rotatable bonds is 10. The average Bonchev–Trinajstić information content (AvgIpc) is 2.99. The van der Waals surface area contributed by atoms with Crippen LogP contribution >= 0.6 is 0 Å². The summed E-state index contributed by atoms with van der Waals surface area (Å²) in [6.45, 7) is 0.463. The van der Waals surface area contributed by atoms with Crippen LogP contribution in [-0.2, 0) is 16.8 Å². The molecule has 0 saturated heterocycles. The van der Waals surface area contributed by atoms with Gasteiger partial charge in [0.15, 0.2) is 0 Å². The van der Waals surface area contributed by atoms with Crippen LogP contribution in [0.2, 0.25) is 0 Å². The molecule has 0 aromatic heterocycles. The minimum atomic E-state index is -0.963. The molecule has 0 fully saturated rings. The lowest BCUT2D eigenvalue weighted by Gasteiger charge is -2.43. The van der Waals surface area contributed by atoms with Crippen molar-refractivity contribution in [3.63, 3.8) is 0 Å². The third-order valence-electron chi connectivity index (χ3n) is 7.33. The molecule has 0 saturated carbocycles. The predicted molar refractivity (Wildman–Crippen MR) is 153 cm³/mol. The van der Waals surface area contributed by atoms with Gasteiger partial charge in [-0.2, -0.15) is 0 Å². The first-order valence-electron chi connectivity index (χ1n) is 12.9. The lowest BCUT2D eigenvalue weighted by molar-refractivity contribution is 0.00794. The summed E-state index contributed by atoms with van der Waals surface area (Å²) in [5.74, 6) is 0.708. The molecule has 5 aromatic carbocycles. The Labute approximate surface area is 224 Å². The van der Waals surface area contributed by atoms with E-state index < -0.39 is 17.6 Å². The third-order valence-corrected chi connectivity index (χ3v) is 7.33. The molecule has 5 rings (SSSR count). The SMILES string of the molecule is COc1ccccc1C(c1ccccc1)(c1ccccc1)[C@H](N)C(O)COCc1cccc2ccccc12. The highest BCUT2D eigenvalue weighted by atomic mass is 16.5. The van der Waals surface area contributed by atoms with E-state index in [-0.39, 0.29) is 6.61 Å². The van der Waals surface area contributed by atoms with Crippen LogP contribution in [0.5, 0.6) is 5.75 Å². The molecule has 4 nitrogen and oxygen atoms in total. The number of benzene rings is 5. The van der Waals surface area contributed by atoms with Crippen molar-refractivity contribution in [3.8, 4) is 5.75 Å². The summed E-state index contributed by atoms with van der Waals surface area (Å²) in [4.78, 5) is 0. The molecule has 0 spiro atoms. The van der Waals surface area contributed by atoms with E-state index in [1.165, 1.54) is 0 Å². The van der Waals surface area contributed by atoms with E-state index in [0.717, 1.165) is 33.0 Å². The highest BCUT2D eigenvalue weighted by molar-refractivity contribution is 5.85. The highest BCUT2D eigenvalue weighted by Crippen LogP contribution is 2.46. The number of ether oxygens (including phenoxy) is 2. The van der Waals surface area contributed by atoms with Gasteiger partial charge >= 0.3 is 0 Å². The maximum absolute atomic E-state index is 11.6. The molecular formula is C34H33NO3. The van der Waals surface area contributed by atoms with Gasteiger partial charge in [0.2, 0.25) is 0 Å². The molecular weight excluding hydrogens is 470 g/mol. The number of para-hydroxylation sites is 1. The average molecular weight is 504 g/mol. The molecule has 0 amide bonds. The van der Waals surface area contributed by atoms with E-state index in [1.807, 2.05) is 78.9 Å². The maximum Gasteiger partial charge on any atom is 0.123 e. The number of nitrogens with two attached hydrogens (primary N) is 1. The first kappa shape index (κ1) is 25.7. The van der Waals surface area contributed by atoms with Crippen LogP contribution in [0, 0.1) is 0 Å². The summed E-state index contributed by atoms with van der Waals surface area (Å²) in [5.41, 5.74) is 10.1. The molecule has 0 heterocycles. The van der Waals surface area contributed by atoms with Crippen LogP contribution in [0.4, 0.5) is 0 Å². The second-order valence-corrected chi connectivity index (χ2v) is 9.49. The quantitative estimate of drug-likeness (QED) is 0.227. The van der Waals surface area contributed by atoms with Crippen molar-refractivity contribution in [1.29, 1.82) is 0 Å². The van der Waals surface area contributed by atoms with Gasteiger partial charge in [0.05, 0.1) is 37.9 Å². The smallest absolute Gasteiger partial charge is 0.123 e. The minimum absolute atomic E-state index is 0.0843. The fourth-order valence-corrected chi connectivity index (χ4v) is 5.51. The number of hydrogen-bond acceptors (Lipinski definition) is 4. The molecule has 192 valence electrons. The van der Waals surface area contributed by atoms with Crippen molar-refractivity contribution < 1.29 is 14.6 Å². The zero-order chi connectivity index (χ0) is 26.4. The number of aliphatic hydroxyl groups is 1. The van der Waals surface area contributed by atoms with E-state index in [0.29, 0.717) is 12.4 Å². The van der Waals surface area contributed by atoms with Crippen molar-refractivity contribution in [3.05, 3.63) is 150 Å². The Morgan fingerprint density at radius 2 is 1.29 bits per heavy atom. The summed E-state index contributed by atoms with van der Waals surface area (Å²) in [5, 5.41) is 13.9. The van der Waals surface area contributed by atoms with E-state index in [4.69, 9.17) is 15.2 Å². The minimum Gasteiger partial charge on any atom is -0.496 e. The van der Waals surface area contributed by atoms with Crippen molar-refractivity contribution in [2.75, 3.05) is 13.7 Å². The normalized spacial score (nSPS) is 13.2. The predicted octanol–water partition coefficient (Wildman–Crippen LogP) is 6.09. The Morgan fingerprint density at radius 1 is 0.711 bits per heavy atom. The van der Waals surface area contributed by atoms with Gasteiger partial charge in [-0.05, 0) is 33.5 Å². The van der Waals surface area contributed by atoms with Crippen LogP contribution in [-0.4, -0.2) is 31.0 Å². The van der Waals surface area contributed by atoms with E-state index >= 15 is 0 Å². The van der Waals surface area contributed by atoms with Crippen LogP contribution in [0.25, 0.3) is 10.8 Å². The maximum atomic E-state index is 11.6. The number of aliphatic hydroxyl groups excluding tert-OH is 1. The van der Waals surface area contributed by atoms with Crippen LogP contribution in [0.1, 0.15) is 22.3 Å². The van der Waals surface area contributed by atoms with Gasteiger partial charge in [0, 0.05) is 5.56 Å². The molecule has 38 heavy (non-hydrogen) atoms. The molecule has 4 heteroatoms. The van der Waals surface area contributed by atoms with Crippen molar-refractivity contribution in [2.45, 2.75) is 24.2 Å². The lowest BCUT2D eigenvalue weighted by atomic mass is 9.63. The topological polar surface area (TPSA) is 64.7 Å². The Hall–Kier alpha value is -3.96. The van der Waals surface area contributed by atoms with Gasteiger partial charge in [-0.25, -0.2) is 0 Å². The molecule has 0 aliphatic heterocycles. The van der Waals surface area contributed by atoms with Crippen LogP contribution in [0.3, 0.4) is 0 Å². The first-order chi connectivity index (χ1) is 18.7. The monoisotopic (exact) mass is 503 g/mol. The molecule has 2 atom stereocenters. The standard InChI is InChI=1S/C34H33NO3/c1-37-32-22-11-10-21-30(32)34(27-16-4-2-5-17-27,28-18-6-3-7-19-28)33(35)31(36)24-38-23-26-15-12-14-25-13-8-9-20-29(25)26/h2-22,31,33,36H,23-24,35H2,1H3/t31?,33-/m1/s1. The van der Waals surface area contributed by atoms with Gasteiger partial charge in [0.25, 0.3) is 0 Å². The molecule has 5 aromatic rings. The summed E-state index contributed by atoms with van der Waals surface area (Å²) < 4.78 is 11.9. The Bertz CT molecular complexity index is 1420. The number of fused-ring (bicyclic) bond motifs is 1. The Balaban J connectivity index is 1.53. The number of hydrogen-bond donors (Lipinski definition) is 2. The second kappa shape index (κ2) is 11.6. The molecule has 0 bridgehead atoms. The van der Waals surface area contributed by atoms with E-state index in [1.54, 1.807) is 7.11 Å². The third kappa shape index (κ3) is 4.82. The molecule has 0 radical (unpaired) electrons. The molecule has 0 aliphatic carbocycles. The van der Waals surface area contributed by atoms with Crippen LogP contribution in [0.15, 0.2) is 127 Å². The van der Waals surface area contributed by atoms with Crippen LogP contribution < -0.4 is 10.5 Å². The zero-order valence-electron chi connectivity index (χ0n) is 21.5. The van der Waals surface area contributed by atoms with Crippen molar-refractivity contribution >= 4 is 10.8 Å². The lowest BCUT2D eigenvalue weighted by Crippen LogP contribution is -2.55. The summed E-state index contributed by atoms with van der Waals surface area (Å²) in [6, 6.07) is 41.8. The Morgan fingerprint density at radius 3 is 1.97 bits per heavy atom. The molecule has 0 aliphatic rings. The fraction of sp³-hybridized carbons (Fsp3) is 0.176. The van der Waals surface area contributed by atoms with Crippen molar-refractivity contribution in [1.82, 2.24) is 0 Å². The van der Waals surface area contributed by atoms with Crippen molar-refractivity contribution in [2.24, 2.45) is 5.73 Å². The van der Waals surface area contributed by atoms with Gasteiger partial charge in [-0.15, -0.1) is 0 Å². The molecule has 1 unspecified atom stereocenters. The first-order valence-corrected chi connectivity index (χ1v) is 12.9. The van der Waals surface area contributed by atoms with Gasteiger partial charge in [-0.1, -0.05) is 121 Å². The van der Waals surface area contributed by atoms with Gasteiger partial charge in [0.1, 0.15) is 5.75 Å². The van der Waals surface area contributed by atoms with Gasteiger partial charge < -0.3 is 20.3 Å². The van der Waals surface area contributed by atoms with Gasteiger partial charge in [-0.3, -0.25) is 0 Å². The largest absolute Gasteiger partial charge is 0.496 e. The fourth-order valence-electron chi connectivity index (χ4n) is 5.51. The molecule has 3 N–H and O–H groups in total. The summed E-state index contributed by atoms with van der Waals surface area (Å²) in [6.07, 6.45) is -0.963. The Kier molecular flexibility index (Phi) is 7.85.